The van der Waals surface area contributed by atoms with Gasteiger partial charge in [-0.15, -0.1) is 0 Å². The average molecular weight is 340 g/mol. The van der Waals surface area contributed by atoms with E-state index in [2.05, 4.69) is 31.1 Å². The topological polar surface area (TPSA) is 63.3 Å². The first-order chi connectivity index (χ1) is 11.8. The first-order valence-corrected chi connectivity index (χ1v) is 8.28. The monoisotopic (exact) mass is 340 g/mol. The number of fused-ring (bicyclic) bond motifs is 1. The quantitative estimate of drug-likeness (QED) is 0.786. The molecule has 0 saturated heterocycles. The minimum atomic E-state index is -0.300. The summed E-state index contributed by atoms with van der Waals surface area (Å²) in [5.74, 6) is 1.25. The molecule has 0 saturated carbocycles. The third-order valence-corrected chi connectivity index (χ3v) is 3.81. The highest BCUT2D eigenvalue weighted by Gasteiger charge is 2.23. The fraction of sp³-hybridized carbons (Fsp3) is 0.368. The van der Waals surface area contributed by atoms with E-state index in [1.165, 1.54) is 0 Å². The van der Waals surface area contributed by atoms with E-state index in [4.69, 9.17) is 4.42 Å². The Balaban J connectivity index is 1.92. The van der Waals surface area contributed by atoms with Crippen LogP contribution < -0.4 is 5.32 Å². The third kappa shape index (κ3) is 3.58. The van der Waals surface area contributed by atoms with Crippen LogP contribution in [0.5, 0.6) is 0 Å². The van der Waals surface area contributed by atoms with Crippen molar-refractivity contribution >= 4 is 22.9 Å². The van der Waals surface area contributed by atoms with Gasteiger partial charge < -0.3 is 13.9 Å². The van der Waals surface area contributed by atoms with Crippen molar-refractivity contribution in [3.05, 3.63) is 47.9 Å². The number of aromatic nitrogens is 2. The number of hydrogen-bond donors (Lipinski definition) is 1. The van der Waals surface area contributed by atoms with Gasteiger partial charge in [0.25, 0.3) is 5.91 Å². The van der Waals surface area contributed by atoms with Crippen LogP contribution >= 0.6 is 0 Å². The predicted molar refractivity (Wildman–Crippen MR) is 98.8 cm³/mol. The molecule has 2 heterocycles. The molecule has 0 unspecified atom stereocenters. The predicted octanol–water partition coefficient (Wildman–Crippen LogP) is 3.70. The Bertz CT molecular complexity index is 900. The van der Waals surface area contributed by atoms with Gasteiger partial charge in [-0.1, -0.05) is 12.1 Å². The molecule has 0 aliphatic rings. The zero-order valence-corrected chi connectivity index (χ0v) is 15.3. The van der Waals surface area contributed by atoms with Crippen LogP contribution in [0.25, 0.3) is 11.0 Å². The van der Waals surface area contributed by atoms with Crippen molar-refractivity contribution in [1.29, 1.82) is 0 Å². The lowest BCUT2D eigenvalue weighted by Crippen LogP contribution is -2.25. The molecule has 0 aliphatic heterocycles. The number of imidazole rings is 1. The lowest BCUT2D eigenvalue weighted by Gasteiger charge is -2.24. The van der Waals surface area contributed by atoms with Gasteiger partial charge in [-0.25, -0.2) is 4.98 Å². The van der Waals surface area contributed by atoms with E-state index in [-0.39, 0.29) is 17.2 Å². The minimum absolute atomic E-state index is 0.224. The number of benzene rings is 1. The van der Waals surface area contributed by atoms with Gasteiger partial charge in [0.15, 0.2) is 5.76 Å². The maximum absolute atomic E-state index is 12.6. The van der Waals surface area contributed by atoms with Crippen molar-refractivity contribution in [3.63, 3.8) is 0 Å². The second kappa shape index (κ2) is 6.37. The number of para-hydroxylation sites is 2. The third-order valence-electron chi connectivity index (χ3n) is 3.81. The van der Waals surface area contributed by atoms with Crippen LogP contribution in [0.1, 0.15) is 37.1 Å². The van der Waals surface area contributed by atoms with Gasteiger partial charge in [-0.05, 0) is 59.1 Å². The molecule has 0 radical (unpaired) electrons. The number of furan rings is 1. The number of hydrogen-bond acceptors (Lipinski definition) is 4. The van der Waals surface area contributed by atoms with Crippen molar-refractivity contribution in [2.45, 2.75) is 32.9 Å². The lowest BCUT2D eigenvalue weighted by atomic mass is 10.1. The van der Waals surface area contributed by atoms with Crippen molar-refractivity contribution < 1.29 is 9.21 Å². The second-order valence-electron chi connectivity index (χ2n) is 7.39. The number of nitrogens with one attached hydrogen (secondary N) is 1. The number of carbonyl (C=O) groups is 1. The zero-order chi connectivity index (χ0) is 18.2. The molecule has 1 amide bonds. The van der Waals surface area contributed by atoms with Gasteiger partial charge in [0, 0.05) is 5.54 Å². The van der Waals surface area contributed by atoms with E-state index in [0.29, 0.717) is 12.5 Å². The molecule has 25 heavy (non-hydrogen) atoms. The number of amides is 1. The summed E-state index contributed by atoms with van der Waals surface area (Å²) in [5, 5.41) is 2.90. The van der Waals surface area contributed by atoms with Crippen LogP contribution in [0.15, 0.2) is 40.8 Å². The van der Waals surface area contributed by atoms with E-state index in [1.54, 1.807) is 6.07 Å². The number of anilines is 1. The van der Waals surface area contributed by atoms with Gasteiger partial charge in [0.2, 0.25) is 5.95 Å². The highest BCUT2D eigenvalue weighted by molar-refractivity contribution is 6.02. The second-order valence-corrected chi connectivity index (χ2v) is 7.39. The summed E-state index contributed by atoms with van der Waals surface area (Å²) >= 11 is 0. The van der Waals surface area contributed by atoms with Crippen molar-refractivity contribution in [2.75, 3.05) is 19.4 Å². The summed E-state index contributed by atoms with van der Waals surface area (Å²) in [7, 11) is 3.90. The Morgan fingerprint density at radius 3 is 2.60 bits per heavy atom. The lowest BCUT2D eigenvalue weighted by molar-refractivity contribution is 0.0992. The molecule has 3 aromatic rings. The summed E-state index contributed by atoms with van der Waals surface area (Å²) < 4.78 is 7.67. The average Bonchev–Trinajstić information content (AvgIpc) is 3.09. The zero-order valence-electron chi connectivity index (χ0n) is 15.3. The fourth-order valence-corrected chi connectivity index (χ4v) is 2.85. The molecule has 6 heteroatoms. The summed E-state index contributed by atoms with van der Waals surface area (Å²) in [6.07, 6.45) is 0. The molecule has 0 bridgehead atoms. The molecule has 2 aromatic heterocycles. The maximum Gasteiger partial charge on any atom is 0.293 e. The van der Waals surface area contributed by atoms with Gasteiger partial charge in [0.1, 0.15) is 5.76 Å². The minimum Gasteiger partial charge on any atom is -0.455 e. The van der Waals surface area contributed by atoms with Crippen LogP contribution in [0, 0.1) is 0 Å². The highest BCUT2D eigenvalue weighted by atomic mass is 16.4. The largest absolute Gasteiger partial charge is 0.455 e. The number of rotatable bonds is 4. The molecule has 0 fully saturated rings. The molecule has 0 spiro atoms. The summed E-state index contributed by atoms with van der Waals surface area (Å²) in [4.78, 5) is 19.2. The Hall–Kier alpha value is -2.60. The Morgan fingerprint density at radius 2 is 1.92 bits per heavy atom. The van der Waals surface area contributed by atoms with Crippen LogP contribution in [0.4, 0.5) is 5.95 Å². The van der Waals surface area contributed by atoms with Crippen LogP contribution in [0.3, 0.4) is 0 Å². The normalized spacial score (nSPS) is 12.1. The highest BCUT2D eigenvalue weighted by Crippen LogP contribution is 2.28. The van der Waals surface area contributed by atoms with Gasteiger partial charge >= 0.3 is 0 Å². The summed E-state index contributed by atoms with van der Waals surface area (Å²) in [6.45, 7) is 6.89. The van der Waals surface area contributed by atoms with Gasteiger partial charge in [-0.3, -0.25) is 10.1 Å². The molecule has 132 valence electrons. The molecule has 3 rings (SSSR count). The molecule has 1 aromatic carbocycles. The Morgan fingerprint density at radius 1 is 1.20 bits per heavy atom. The van der Waals surface area contributed by atoms with E-state index < -0.39 is 0 Å². The Labute approximate surface area is 147 Å². The smallest absolute Gasteiger partial charge is 0.293 e. The van der Waals surface area contributed by atoms with Gasteiger partial charge in [-0.2, -0.15) is 0 Å². The standard InChI is InChI=1S/C19H24N4O2/c1-19(2,3)23-15-9-7-6-8-14(15)20-18(23)21-17(24)16-11-10-13(25-16)12-22(4)5/h6-11H,12H2,1-5H3,(H,20,21,24). The van der Waals surface area contributed by atoms with Crippen molar-refractivity contribution in [2.24, 2.45) is 0 Å². The van der Waals surface area contributed by atoms with E-state index >= 15 is 0 Å². The first-order valence-electron chi connectivity index (χ1n) is 8.28. The molecule has 0 atom stereocenters. The number of nitrogens with zero attached hydrogens (tertiary/aromatic N) is 3. The summed E-state index contributed by atoms with van der Waals surface area (Å²) in [5.41, 5.74) is 1.61. The molecule has 1 N–H and O–H groups in total. The maximum atomic E-state index is 12.6. The molecule has 0 aliphatic carbocycles. The van der Waals surface area contributed by atoms with Gasteiger partial charge in [0.05, 0.1) is 17.6 Å². The SMILES string of the molecule is CN(C)Cc1ccc(C(=O)Nc2nc3ccccc3n2C(C)(C)C)o1. The number of carbonyl (C=O) groups excluding carboxylic acids is 1. The van der Waals surface area contributed by atoms with E-state index in [0.717, 1.165) is 16.8 Å². The Kier molecular flexibility index (Phi) is 4.39. The van der Waals surface area contributed by atoms with E-state index in [1.807, 2.05) is 53.9 Å². The van der Waals surface area contributed by atoms with Crippen LogP contribution in [-0.4, -0.2) is 34.5 Å². The summed E-state index contributed by atoms with van der Waals surface area (Å²) in [6, 6.07) is 11.4. The van der Waals surface area contributed by atoms with E-state index in [9.17, 15) is 4.79 Å². The van der Waals surface area contributed by atoms with Crippen LogP contribution in [0.2, 0.25) is 0 Å². The molecular weight excluding hydrogens is 316 g/mol. The van der Waals surface area contributed by atoms with Crippen LogP contribution in [-0.2, 0) is 12.1 Å². The fourth-order valence-electron chi connectivity index (χ4n) is 2.85. The first kappa shape index (κ1) is 17.2. The van der Waals surface area contributed by atoms with Crippen molar-refractivity contribution in [1.82, 2.24) is 14.5 Å². The van der Waals surface area contributed by atoms with Crippen molar-refractivity contribution in [3.8, 4) is 0 Å². The molecular formula is C19H24N4O2. The molecule has 6 nitrogen and oxygen atoms in total.